The Morgan fingerprint density at radius 1 is 1.14 bits per heavy atom. The summed E-state index contributed by atoms with van der Waals surface area (Å²) in [5.74, 6) is -8.70. The van der Waals surface area contributed by atoms with Crippen molar-refractivity contribution < 1.29 is 34.5 Å². The lowest BCUT2D eigenvalue weighted by Crippen LogP contribution is -2.75. The van der Waals surface area contributed by atoms with Crippen LogP contribution in [0.5, 0.6) is 5.75 Å². The number of hydrogen-bond acceptors (Lipinski definition) is 8. The van der Waals surface area contributed by atoms with E-state index in [9.17, 15) is 34.5 Å². The summed E-state index contributed by atoms with van der Waals surface area (Å²) in [4.78, 5) is 54.5. The number of rotatable bonds is 7. The molecule has 0 heterocycles. The number of ketones is 3. The molecule has 0 saturated heterocycles. The van der Waals surface area contributed by atoms with Crippen molar-refractivity contribution in [3.63, 3.8) is 0 Å². The first-order valence-electron chi connectivity index (χ1n) is 12.8. The molecule has 0 radical (unpaired) electrons. The fourth-order valence-corrected chi connectivity index (χ4v) is 6.86. The molecule has 0 aliphatic heterocycles. The fraction of sp³-hybridized carbons (Fsp3) is 0.630. The number of unbranched alkanes of at least 4 members (excludes halogenated alkanes) is 3. The first-order valence-corrected chi connectivity index (χ1v) is 12.8. The van der Waals surface area contributed by atoms with Gasteiger partial charge in [-0.1, -0.05) is 32.3 Å². The van der Waals surface area contributed by atoms with E-state index in [1.807, 2.05) is 6.07 Å². The van der Waals surface area contributed by atoms with E-state index in [2.05, 4.69) is 6.92 Å². The van der Waals surface area contributed by atoms with Crippen LogP contribution in [-0.4, -0.2) is 75.3 Å². The van der Waals surface area contributed by atoms with Crippen molar-refractivity contribution in [2.75, 3.05) is 14.1 Å². The van der Waals surface area contributed by atoms with Gasteiger partial charge in [-0.05, 0) is 62.9 Å². The quantitative estimate of drug-likeness (QED) is 0.316. The van der Waals surface area contributed by atoms with Crippen LogP contribution in [0.4, 0.5) is 0 Å². The second kappa shape index (κ2) is 9.68. The van der Waals surface area contributed by atoms with Crippen LogP contribution in [0.15, 0.2) is 12.1 Å². The standard InChI is InChI=1S/C27H36N2O7/c1-4-5-6-7-8-13-9-10-17(30)19-15(13)11-14-12-16-21(29(2)3)23(32)20(26(28)35)25(34)27(16,36)24(33)18(14)22(19)31/h9-10,14,16,18,20-21,23,30,32,36H,4-8,11-12H2,1-3H3,(H2,28,35)/t14-,16-,18?,20?,21-,23?,27-/m1/s1. The Morgan fingerprint density at radius 2 is 1.83 bits per heavy atom. The Bertz CT molecular complexity index is 1100. The van der Waals surface area contributed by atoms with E-state index in [0.717, 1.165) is 43.2 Å². The van der Waals surface area contributed by atoms with Gasteiger partial charge in [-0.25, -0.2) is 0 Å². The molecule has 196 valence electrons. The van der Waals surface area contributed by atoms with E-state index >= 15 is 0 Å². The number of aryl methyl sites for hydroxylation is 1. The number of aliphatic hydroxyl groups excluding tert-OH is 1. The molecule has 36 heavy (non-hydrogen) atoms. The maximum atomic E-state index is 13.8. The average molecular weight is 501 g/mol. The Labute approximate surface area is 210 Å². The summed E-state index contributed by atoms with van der Waals surface area (Å²) < 4.78 is 0. The molecule has 0 aromatic heterocycles. The van der Waals surface area contributed by atoms with Crippen molar-refractivity contribution in [2.24, 2.45) is 29.4 Å². The highest BCUT2D eigenvalue weighted by Crippen LogP contribution is 2.51. The lowest BCUT2D eigenvalue weighted by molar-refractivity contribution is -0.190. The third-order valence-corrected chi connectivity index (χ3v) is 8.57. The molecular formula is C27H36N2O7. The molecule has 4 rings (SSSR count). The Kier molecular flexibility index (Phi) is 7.11. The molecule has 3 aliphatic carbocycles. The van der Waals surface area contributed by atoms with Crippen LogP contribution in [0.2, 0.25) is 0 Å². The van der Waals surface area contributed by atoms with Crippen LogP contribution in [0.3, 0.4) is 0 Å². The average Bonchev–Trinajstić information content (AvgIpc) is 2.80. The topological polar surface area (TPSA) is 158 Å². The number of fused-ring (bicyclic) bond motifs is 3. The van der Waals surface area contributed by atoms with Crippen molar-refractivity contribution in [1.82, 2.24) is 4.90 Å². The maximum absolute atomic E-state index is 13.8. The van der Waals surface area contributed by atoms with E-state index in [-0.39, 0.29) is 17.7 Å². The Balaban J connectivity index is 1.77. The molecule has 0 spiro atoms. The highest BCUT2D eigenvalue weighted by molar-refractivity contribution is 6.25. The molecule has 3 aliphatic rings. The van der Waals surface area contributed by atoms with Crippen LogP contribution in [0.1, 0.15) is 60.5 Å². The second-order valence-corrected chi connectivity index (χ2v) is 10.9. The Morgan fingerprint density at radius 3 is 2.44 bits per heavy atom. The van der Waals surface area contributed by atoms with Crippen LogP contribution in [0.25, 0.3) is 0 Å². The number of aromatic hydroxyl groups is 1. The normalized spacial score (nSPS) is 33.8. The summed E-state index contributed by atoms with van der Waals surface area (Å²) in [6, 6.07) is 2.39. The minimum Gasteiger partial charge on any atom is -0.507 e. The number of amides is 1. The van der Waals surface area contributed by atoms with E-state index in [0.29, 0.717) is 6.42 Å². The number of hydrogen-bond donors (Lipinski definition) is 4. The lowest BCUT2D eigenvalue weighted by atomic mass is 9.52. The van der Waals surface area contributed by atoms with Crippen LogP contribution in [-0.2, 0) is 27.2 Å². The second-order valence-electron chi connectivity index (χ2n) is 10.9. The molecule has 9 heteroatoms. The smallest absolute Gasteiger partial charge is 0.230 e. The number of nitrogens with two attached hydrogens (primary N) is 1. The van der Waals surface area contributed by atoms with Crippen LogP contribution < -0.4 is 5.73 Å². The fourth-order valence-electron chi connectivity index (χ4n) is 6.86. The third-order valence-electron chi connectivity index (χ3n) is 8.57. The van der Waals surface area contributed by atoms with Gasteiger partial charge in [-0.15, -0.1) is 0 Å². The summed E-state index contributed by atoms with van der Waals surface area (Å²) in [5.41, 5.74) is 4.52. The van der Waals surface area contributed by atoms with Gasteiger partial charge >= 0.3 is 0 Å². The van der Waals surface area contributed by atoms with Crippen molar-refractivity contribution in [3.8, 4) is 5.75 Å². The summed E-state index contributed by atoms with van der Waals surface area (Å²) in [6.07, 6.45) is 3.89. The molecule has 1 aromatic rings. The number of aliphatic hydroxyl groups is 2. The largest absolute Gasteiger partial charge is 0.507 e. The molecule has 5 N–H and O–H groups in total. The summed E-state index contributed by atoms with van der Waals surface area (Å²) in [5, 5.41) is 33.1. The summed E-state index contributed by atoms with van der Waals surface area (Å²) in [6.45, 7) is 2.13. The third kappa shape index (κ3) is 3.88. The number of likely N-dealkylation sites (N-methyl/N-ethyl adjacent to an activating group) is 1. The first-order chi connectivity index (χ1) is 17.0. The van der Waals surface area contributed by atoms with Gasteiger partial charge in [0, 0.05) is 12.0 Å². The van der Waals surface area contributed by atoms with E-state index in [1.165, 1.54) is 6.07 Å². The zero-order valence-electron chi connectivity index (χ0n) is 21.1. The van der Waals surface area contributed by atoms with E-state index < -0.39 is 64.7 Å². The van der Waals surface area contributed by atoms with E-state index in [1.54, 1.807) is 19.0 Å². The Hall–Kier alpha value is -2.62. The number of primary amides is 1. The van der Waals surface area contributed by atoms with Gasteiger partial charge in [0.1, 0.15) is 11.7 Å². The number of phenols is 1. The van der Waals surface area contributed by atoms with Crippen molar-refractivity contribution in [2.45, 2.75) is 69.6 Å². The van der Waals surface area contributed by atoms with Crippen molar-refractivity contribution in [1.29, 1.82) is 0 Å². The molecule has 1 aromatic carbocycles. The van der Waals surface area contributed by atoms with Gasteiger partial charge < -0.3 is 26.0 Å². The highest BCUT2D eigenvalue weighted by Gasteiger charge is 2.69. The molecule has 2 fully saturated rings. The SMILES string of the molecule is CCCCCCc1ccc(O)c2c1C[C@@H]1C[C@@H]3[C@@H](N(C)C)C(O)C(C(N)=O)C(=O)[C@]3(O)C(=O)C1C2=O. The molecule has 3 unspecified atom stereocenters. The van der Waals surface area contributed by atoms with Crippen LogP contribution in [0, 0.1) is 23.7 Å². The molecule has 9 nitrogen and oxygen atoms in total. The maximum Gasteiger partial charge on any atom is 0.230 e. The summed E-state index contributed by atoms with van der Waals surface area (Å²) in [7, 11) is 3.26. The van der Waals surface area contributed by atoms with Gasteiger partial charge in [0.15, 0.2) is 23.0 Å². The van der Waals surface area contributed by atoms with Crippen molar-refractivity contribution in [3.05, 3.63) is 28.8 Å². The van der Waals surface area contributed by atoms with Gasteiger partial charge in [0.05, 0.1) is 17.6 Å². The number of carbonyl (C=O) groups excluding carboxylic acids is 4. The monoisotopic (exact) mass is 500 g/mol. The summed E-state index contributed by atoms with van der Waals surface area (Å²) >= 11 is 0. The lowest BCUT2D eigenvalue weighted by Gasteiger charge is -2.54. The predicted octanol–water partition coefficient (Wildman–Crippen LogP) is 0.782. The minimum atomic E-state index is -2.63. The first kappa shape index (κ1) is 26.4. The number of nitrogens with zero attached hydrogens (tertiary/aromatic N) is 1. The molecule has 0 bridgehead atoms. The van der Waals surface area contributed by atoms with Crippen LogP contribution >= 0.6 is 0 Å². The highest BCUT2D eigenvalue weighted by atomic mass is 16.3. The van der Waals surface area contributed by atoms with E-state index in [4.69, 9.17) is 5.73 Å². The number of carbonyl (C=O) groups is 4. The number of benzene rings is 1. The van der Waals surface area contributed by atoms with Gasteiger partial charge in [-0.2, -0.15) is 0 Å². The zero-order valence-corrected chi connectivity index (χ0v) is 21.1. The molecule has 2 saturated carbocycles. The van der Waals surface area contributed by atoms with Gasteiger partial charge in [-0.3, -0.25) is 19.2 Å². The van der Waals surface area contributed by atoms with Gasteiger partial charge in [0.25, 0.3) is 0 Å². The predicted molar refractivity (Wildman–Crippen MR) is 130 cm³/mol. The zero-order chi connectivity index (χ0) is 26.5. The molecule has 7 atom stereocenters. The molecular weight excluding hydrogens is 464 g/mol. The van der Waals surface area contributed by atoms with Gasteiger partial charge in [0.2, 0.25) is 5.91 Å². The number of Topliss-reactive ketones (excluding diaryl/α,β-unsaturated/α-hetero) is 3. The molecule has 1 amide bonds. The van der Waals surface area contributed by atoms with Crippen molar-refractivity contribution >= 4 is 23.3 Å². The minimum absolute atomic E-state index is 0.0820. The number of phenolic OH excluding ortho intramolecular Hbond substituents is 1.